The van der Waals surface area contributed by atoms with E-state index >= 15 is 0 Å². The molecular formula is C8H12I3N3. The van der Waals surface area contributed by atoms with Gasteiger partial charge in [0.1, 0.15) is 17.5 Å². The van der Waals surface area contributed by atoms with E-state index in [1.807, 2.05) is 6.92 Å². The fourth-order valence-corrected chi connectivity index (χ4v) is 1.40. The van der Waals surface area contributed by atoms with Crippen LogP contribution in [-0.4, -0.2) is 19.4 Å². The van der Waals surface area contributed by atoms with Gasteiger partial charge in [-0.2, -0.15) is 0 Å². The van der Waals surface area contributed by atoms with Crippen LogP contribution in [0.2, 0.25) is 0 Å². The Balaban J connectivity index is 0.000000500. The molecule has 1 aromatic rings. The highest BCUT2D eigenvalue weighted by Crippen LogP contribution is 2.03. The lowest BCUT2D eigenvalue weighted by Gasteiger charge is -1.98. The van der Waals surface area contributed by atoms with Gasteiger partial charge in [0.2, 0.25) is 0 Å². The quantitative estimate of drug-likeness (QED) is 0.434. The third-order valence-electron chi connectivity index (χ3n) is 1.08. The number of aryl methyl sites for hydroxylation is 1. The van der Waals surface area contributed by atoms with Gasteiger partial charge in [0.15, 0.2) is 0 Å². The van der Waals surface area contributed by atoms with E-state index in [0.29, 0.717) is 0 Å². The van der Waals surface area contributed by atoms with Crippen molar-refractivity contribution in [3.05, 3.63) is 17.5 Å². The predicted octanol–water partition coefficient (Wildman–Crippen LogP) is 3.49. The lowest BCUT2D eigenvalue weighted by molar-refractivity contribution is 0.870. The predicted molar refractivity (Wildman–Crippen MR) is 84.6 cm³/mol. The van der Waals surface area contributed by atoms with Crippen molar-refractivity contribution in [2.24, 2.45) is 0 Å². The Kier molecular flexibility index (Phi) is 10.2. The summed E-state index contributed by atoms with van der Waals surface area (Å²) in [7, 11) is 0. The van der Waals surface area contributed by atoms with Crippen LogP contribution < -0.4 is 0 Å². The molecule has 14 heavy (non-hydrogen) atoms. The second-order valence-corrected chi connectivity index (χ2v) is 5.30. The summed E-state index contributed by atoms with van der Waals surface area (Å²) in [5, 5.41) is 0. The molecule has 0 spiro atoms. The molecule has 0 N–H and O–H groups in total. The van der Waals surface area contributed by atoms with Crippen LogP contribution in [0.25, 0.3) is 0 Å². The molecule has 0 aliphatic carbocycles. The minimum atomic E-state index is 0.818. The largest absolute Gasteiger partial charge is 0.217 e. The number of alkyl halides is 3. The van der Waals surface area contributed by atoms with Crippen LogP contribution in [0.4, 0.5) is 0 Å². The first-order chi connectivity index (χ1) is 6.67. The molecular weight excluding hydrogens is 519 g/mol. The topological polar surface area (TPSA) is 38.7 Å². The summed E-state index contributed by atoms with van der Waals surface area (Å²) in [5.41, 5.74) is 0. The van der Waals surface area contributed by atoms with Crippen molar-refractivity contribution in [1.29, 1.82) is 0 Å². The summed E-state index contributed by atoms with van der Waals surface area (Å²) in [4.78, 5) is 12.6. The molecule has 0 saturated carbocycles. The number of hydrogen-bond donors (Lipinski definition) is 0. The van der Waals surface area contributed by atoms with Gasteiger partial charge in [0.05, 0.1) is 8.86 Å². The molecule has 1 aromatic heterocycles. The molecule has 1 rings (SSSR count). The molecule has 6 heteroatoms. The van der Waals surface area contributed by atoms with Crippen LogP contribution in [0.3, 0.4) is 0 Å². The van der Waals surface area contributed by atoms with Crippen molar-refractivity contribution in [3.8, 4) is 0 Å². The normalized spacial score (nSPS) is 9.21. The van der Waals surface area contributed by atoms with Crippen molar-refractivity contribution in [3.63, 3.8) is 0 Å². The molecule has 0 atom stereocenters. The second kappa shape index (κ2) is 9.43. The van der Waals surface area contributed by atoms with Crippen LogP contribution >= 0.6 is 67.8 Å². The summed E-state index contributed by atoms with van der Waals surface area (Å²) in [6.45, 7) is 4.01. The van der Waals surface area contributed by atoms with Crippen molar-refractivity contribution >= 4 is 67.8 Å². The summed E-state index contributed by atoms with van der Waals surface area (Å²) >= 11 is 6.78. The standard InChI is InChI=1S/C6H7I2N3.C2H5I/c1-4-9-5(2-7)11-6(3-8)10-4;1-2-3/h2-3H2,1H3;2H2,1H3. The van der Waals surface area contributed by atoms with E-state index in [1.165, 1.54) is 4.43 Å². The van der Waals surface area contributed by atoms with Gasteiger partial charge in [-0.15, -0.1) is 0 Å². The SMILES string of the molecule is CCI.Cc1nc(CI)nc(CI)n1. The first-order valence-corrected chi connectivity index (χ1v) is 8.63. The molecule has 0 aromatic carbocycles. The Hall–Kier alpha value is 1.20. The minimum Gasteiger partial charge on any atom is -0.217 e. The van der Waals surface area contributed by atoms with Gasteiger partial charge in [0.25, 0.3) is 0 Å². The Morgan fingerprint density at radius 2 is 1.29 bits per heavy atom. The van der Waals surface area contributed by atoms with E-state index in [1.54, 1.807) is 0 Å². The Morgan fingerprint density at radius 3 is 1.57 bits per heavy atom. The summed E-state index contributed by atoms with van der Waals surface area (Å²) < 4.78 is 2.92. The zero-order valence-corrected chi connectivity index (χ0v) is 14.6. The lowest BCUT2D eigenvalue weighted by Crippen LogP contribution is -2.01. The number of rotatable bonds is 2. The fraction of sp³-hybridized carbons (Fsp3) is 0.625. The van der Waals surface area contributed by atoms with E-state index in [4.69, 9.17) is 0 Å². The number of nitrogens with zero attached hydrogens (tertiary/aromatic N) is 3. The minimum absolute atomic E-state index is 0.818. The molecule has 0 aliphatic heterocycles. The monoisotopic (exact) mass is 531 g/mol. The fourth-order valence-electron chi connectivity index (χ4n) is 0.717. The molecule has 0 unspecified atom stereocenters. The zero-order valence-electron chi connectivity index (χ0n) is 8.10. The maximum atomic E-state index is 4.23. The van der Waals surface area contributed by atoms with E-state index < -0.39 is 0 Å². The van der Waals surface area contributed by atoms with Gasteiger partial charge < -0.3 is 0 Å². The van der Waals surface area contributed by atoms with Gasteiger partial charge in [-0.05, 0) is 11.4 Å². The molecule has 0 aliphatic rings. The molecule has 0 amide bonds. The molecule has 0 fully saturated rings. The van der Waals surface area contributed by atoms with Gasteiger partial charge >= 0.3 is 0 Å². The Morgan fingerprint density at radius 1 is 0.929 bits per heavy atom. The van der Waals surface area contributed by atoms with Crippen LogP contribution in [0.5, 0.6) is 0 Å². The highest BCUT2D eigenvalue weighted by atomic mass is 127. The van der Waals surface area contributed by atoms with Crippen molar-refractivity contribution in [2.75, 3.05) is 4.43 Å². The van der Waals surface area contributed by atoms with E-state index in [-0.39, 0.29) is 0 Å². The van der Waals surface area contributed by atoms with Crippen molar-refractivity contribution in [2.45, 2.75) is 22.7 Å². The van der Waals surface area contributed by atoms with E-state index in [0.717, 1.165) is 26.3 Å². The average Bonchev–Trinajstić information content (AvgIpc) is 2.18. The summed E-state index contributed by atoms with van der Waals surface area (Å²) in [6, 6.07) is 0. The molecule has 80 valence electrons. The van der Waals surface area contributed by atoms with Gasteiger partial charge in [-0.25, -0.2) is 15.0 Å². The number of hydrogen-bond acceptors (Lipinski definition) is 3. The average molecular weight is 531 g/mol. The van der Waals surface area contributed by atoms with Gasteiger partial charge in [-0.3, -0.25) is 0 Å². The Labute approximate surface area is 126 Å². The summed E-state index contributed by atoms with van der Waals surface area (Å²) in [5.74, 6) is 2.58. The third kappa shape index (κ3) is 6.64. The van der Waals surface area contributed by atoms with Gasteiger partial charge in [-0.1, -0.05) is 74.7 Å². The summed E-state index contributed by atoms with van der Waals surface area (Å²) in [6.07, 6.45) is 0. The maximum absolute atomic E-state index is 4.23. The zero-order chi connectivity index (χ0) is 11.0. The highest BCUT2D eigenvalue weighted by Gasteiger charge is 1.99. The second-order valence-electron chi connectivity index (χ2n) is 2.25. The number of halogens is 3. The van der Waals surface area contributed by atoms with Crippen molar-refractivity contribution in [1.82, 2.24) is 15.0 Å². The van der Waals surface area contributed by atoms with Crippen LogP contribution in [0.1, 0.15) is 24.4 Å². The van der Waals surface area contributed by atoms with Crippen LogP contribution in [-0.2, 0) is 8.86 Å². The van der Waals surface area contributed by atoms with E-state index in [9.17, 15) is 0 Å². The van der Waals surface area contributed by atoms with Crippen LogP contribution in [0, 0.1) is 6.92 Å². The van der Waals surface area contributed by atoms with Crippen LogP contribution in [0.15, 0.2) is 0 Å². The third-order valence-corrected chi connectivity index (χ3v) is 2.44. The smallest absolute Gasteiger partial charge is 0.142 e. The maximum Gasteiger partial charge on any atom is 0.142 e. The molecule has 0 bridgehead atoms. The highest BCUT2D eigenvalue weighted by molar-refractivity contribution is 14.1. The van der Waals surface area contributed by atoms with Crippen molar-refractivity contribution < 1.29 is 0 Å². The first-order valence-electron chi connectivity index (χ1n) is 4.06. The van der Waals surface area contributed by atoms with E-state index in [2.05, 4.69) is 89.6 Å². The molecule has 1 heterocycles. The number of aromatic nitrogens is 3. The first kappa shape index (κ1) is 15.2. The molecule has 0 radical (unpaired) electrons. The molecule has 0 saturated heterocycles. The lowest BCUT2D eigenvalue weighted by atomic mass is 10.6. The Bertz CT molecular complexity index is 246. The molecule has 3 nitrogen and oxygen atoms in total. The van der Waals surface area contributed by atoms with Gasteiger partial charge in [0, 0.05) is 0 Å².